The number of para-hydroxylation sites is 1. The molecule has 1 fully saturated rings. The Morgan fingerprint density at radius 3 is 2.90 bits per heavy atom. The van der Waals surface area contributed by atoms with Gasteiger partial charge in [-0.1, -0.05) is 19.4 Å². The molecule has 1 saturated heterocycles. The van der Waals surface area contributed by atoms with E-state index in [0.29, 0.717) is 16.1 Å². The molecule has 0 spiro atoms. The Morgan fingerprint density at radius 1 is 1.48 bits per heavy atom. The summed E-state index contributed by atoms with van der Waals surface area (Å²) in [6.07, 6.45) is 3.26. The van der Waals surface area contributed by atoms with Crippen molar-refractivity contribution < 1.29 is 14.7 Å². The minimum absolute atomic E-state index is 0.0852. The summed E-state index contributed by atoms with van der Waals surface area (Å²) in [6, 6.07) is 4.59. The SMILES string of the molecule is CCCC1CCN(C(=O)Nc2c(Br)cccc2C(=O)O)C1. The van der Waals surface area contributed by atoms with E-state index in [9.17, 15) is 14.7 Å². The van der Waals surface area contributed by atoms with Gasteiger partial charge in [0.05, 0.1) is 11.3 Å². The summed E-state index contributed by atoms with van der Waals surface area (Å²) in [4.78, 5) is 25.3. The van der Waals surface area contributed by atoms with Crippen LogP contribution in [0.15, 0.2) is 22.7 Å². The summed E-state index contributed by atoms with van der Waals surface area (Å²) < 4.78 is 0.569. The van der Waals surface area contributed by atoms with Crippen LogP contribution in [-0.2, 0) is 0 Å². The van der Waals surface area contributed by atoms with Gasteiger partial charge in [-0.3, -0.25) is 0 Å². The number of urea groups is 1. The quantitative estimate of drug-likeness (QED) is 0.863. The number of carboxylic acid groups (broad SMARTS) is 1. The average Bonchev–Trinajstić information content (AvgIpc) is 2.90. The molecule has 0 bridgehead atoms. The first-order valence-corrected chi connectivity index (χ1v) is 7.90. The zero-order valence-electron chi connectivity index (χ0n) is 11.9. The van der Waals surface area contributed by atoms with Gasteiger partial charge in [0.1, 0.15) is 0 Å². The predicted octanol–water partition coefficient (Wildman–Crippen LogP) is 3.80. The third-order valence-corrected chi connectivity index (χ3v) is 4.41. The lowest BCUT2D eigenvalue weighted by Gasteiger charge is -2.19. The Balaban J connectivity index is 2.09. The number of benzene rings is 1. The van der Waals surface area contributed by atoms with E-state index in [1.807, 2.05) is 0 Å². The maximum Gasteiger partial charge on any atom is 0.337 e. The van der Waals surface area contributed by atoms with Crippen LogP contribution in [0.4, 0.5) is 10.5 Å². The summed E-state index contributed by atoms with van der Waals surface area (Å²) >= 11 is 3.29. The van der Waals surface area contributed by atoms with Gasteiger partial charge in [-0.25, -0.2) is 9.59 Å². The molecule has 114 valence electrons. The number of nitrogens with one attached hydrogen (secondary N) is 1. The van der Waals surface area contributed by atoms with E-state index in [0.717, 1.165) is 32.4 Å². The molecule has 1 unspecified atom stereocenters. The number of rotatable bonds is 4. The number of carboxylic acids is 1. The highest BCUT2D eigenvalue weighted by atomic mass is 79.9. The highest BCUT2D eigenvalue weighted by molar-refractivity contribution is 9.10. The van der Waals surface area contributed by atoms with Gasteiger partial charge in [-0.05, 0) is 46.8 Å². The Kier molecular flexibility index (Phi) is 5.22. The average molecular weight is 355 g/mol. The van der Waals surface area contributed by atoms with E-state index in [1.165, 1.54) is 6.07 Å². The molecule has 5 nitrogen and oxygen atoms in total. The lowest BCUT2D eigenvalue weighted by atomic mass is 10.0. The van der Waals surface area contributed by atoms with Crippen molar-refractivity contribution in [3.63, 3.8) is 0 Å². The zero-order chi connectivity index (χ0) is 15.4. The molecule has 1 aromatic rings. The van der Waals surface area contributed by atoms with Crippen LogP contribution in [0.2, 0.25) is 0 Å². The fourth-order valence-electron chi connectivity index (χ4n) is 2.68. The molecule has 1 aliphatic heterocycles. The molecule has 2 N–H and O–H groups in total. The lowest BCUT2D eigenvalue weighted by Crippen LogP contribution is -2.33. The Labute approximate surface area is 132 Å². The molecule has 0 aliphatic carbocycles. The van der Waals surface area contributed by atoms with Crippen LogP contribution in [0.1, 0.15) is 36.5 Å². The third kappa shape index (κ3) is 3.75. The van der Waals surface area contributed by atoms with Crippen molar-refractivity contribution in [1.82, 2.24) is 4.90 Å². The van der Waals surface area contributed by atoms with Crippen LogP contribution in [0.25, 0.3) is 0 Å². The molecular weight excluding hydrogens is 336 g/mol. The summed E-state index contributed by atoms with van der Waals surface area (Å²) in [5.74, 6) is -0.504. The molecule has 2 amide bonds. The van der Waals surface area contributed by atoms with Gasteiger partial charge in [0, 0.05) is 17.6 Å². The number of carbonyl (C=O) groups is 2. The molecule has 21 heavy (non-hydrogen) atoms. The van der Waals surface area contributed by atoms with Gasteiger partial charge < -0.3 is 15.3 Å². The van der Waals surface area contributed by atoms with Gasteiger partial charge in [-0.15, -0.1) is 0 Å². The topological polar surface area (TPSA) is 69.6 Å². The minimum Gasteiger partial charge on any atom is -0.478 e. The lowest BCUT2D eigenvalue weighted by molar-refractivity contribution is 0.0698. The van der Waals surface area contributed by atoms with Gasteiger partial charge in [0.15, 0.2) is 0 Å². The summed E-state index contributed by atoms with van der Waals surface area (Å²) in [6.45, 7) is 3.61. The molecule has 1 aliphatic rings. The van der Waals surface area contributed by atoms with Crippen molar-refractivity contribution in [2.24, 2.45) is 5.92 Å². The Morgan fingerprint density at radius 2 is 2.24 bits per heavy atom. The molecule has 1 aromatic carbocycles. The maximum absolute atomic E-state index is 12.3. The van der Waals surface area contributed by atoms with Crippen LogP contribution in [0.3, 0.4) is 0 Å². The first kappa shape index (κ1) is 15.8. The number of anilines is 1. The molecule has 0 aromatic heterocycles. The summed E-state index contributed by atoms with van der Waals surface area (Å²) in [7, 11) is 0. The largest absolute Gasteiger partial charge is 0.478 e. The first-order valence-electron chi connectivity index (χ1n) is 7.10. The number of amides is 2. The van der Waals surface area contributed by atoms with Crippen molar-refractivity contribution in [2.75, 3.05) is 18.4 Å². The molecule has 6 heteroatoms. The summed E-state index contributed by atoms with van der Waals surface area (Å²) in [5, 5.41) is 11.9. The Bertz CT molecular complexity index is 548. The third-order valence-electron chi connectivity index (χ3n) is 3.75. The smallest absolute Gasteiger partial charge is 0.337 e. The number of aromatic carboxylic acids is 1. The molecule has 1 atom stereocenters. The number of likely N-dealkylation sites (tertiary alicyclic amines) is 1. The zero-order valence-corrected chi connectivity index (χ0v) is 13.5. The maximum atomic E-state index is 12.3. The van der Waals surface area contributed by atoms with Crippen LogP contribution in [0, 0.1) is 5.92 Å². The summed E-state index contributed by atoms with van der Waals surface area (Å²) in [5.41, 5.74) is 0.399. The van der Waals surface area contributed by atoms with E-state index < -0.39 is 5.97 Å². The van der Waals surface area contributed by atoms with Crippen LogP contribution in [0.5, 0.6) is 0 Å². The van der Waals surface area contributed by atoms with Gasteiger partial charge in [0.2, 0.25) is 0 Å². The van der Waals surface area contributed by atoms with Crippen LogP contribution < -0.4 is 5.32 Å². The first-order chi connectivity index (χ1) is 10.0. The second-order valence-corrected chi connectivity index (χ2v) is 6.14. The van der Waals surface area contributed by atoms with Crippen molar-refractivity contribution >= 4 is 33.6 Å². The molecule has 2 rings (SSSR count). The number of nitrogens with zero attached hydrogens (tertiary/aromatic N) is 1. The fourth-order valence-corrected chi connectivity index (χ4v) is 3.14. The number of hydrogen-bond donors (Lipinski definition) is 2. The number of hydrogen-bond acceptors (Lipinski definition) is 2. The number of carbonyl (C=O) groups excluding carboxylic acids is 1. The molecular formula is C15H19BrN2O3. The van der Waals surface area contributed by atoms with Crippen molar-refractivity contribution in [2.45, 2.75) is 26.2 Å². The normalized spacial score (nSPS) is 17.8. The standard InChI is InChI=1S/C15H19BrN2O3/c1-2-4-10-7-8-18(9-10)15(21)17-13-11(14(19)20)5-3-6-12(13)16/h3,5-6,10H,2,4,7-9H2,1H3,(H,17,21)(H,19,20). The van der Waals surface area contributed by atoms with Crippen molar-refractivity contribution in [3.8, 4) is 0 Å². The van der Waals surface area contributed by atoms with Crippen molar-refractivity contribution in [3.05, 3.63) is 28.2 Å². The van der Waals surface area contributed by atoms with E-state index in [2.05, 4.69) is 28.2 Å². The van der Waals surface area contributed by atoms with Crippen molar-refractivity contribution in [1.29, 1.82) is 0 Å². The van der Waals surface area contributed by atoms with Gasteiger partial charge in [0.25, 0.3) is 0 Å². The van der Waals surface area contributed by atoms with E-state index in [4.69, 9.17) is 0 Å². The Hall–Kier alpha value is -1.56. The molecule has 0 radical (unpaired) electrons. The monoisotopic (exact) mass is 354 g/mol. The molecule has 1 heterocycles. The van der Waals surface area contributed by atoms with Crippen LogP contribution in [-0.4, -0.2) is 35.1 Å². The number of halogens is 1. The molecule has 0 saturated carbocycles. The second kappa shape index (κ2) is 6.93. The second-order valence-electron chi connectivity index (χ2n) is 5.29. The van der Waals surface area contributed by atoms with E-state index >= 15 is 0 Å². The van der Waals surface area contributed by atoms with Gasteiger partial charge in [-0.2, -0.15) is 0 Å². The van der Waals surface area contributed by atoms with E-state index in [-0.39, 0.29) is 11.6 Å². The highest BCUT2D eigenvalue weighted by Gasteiger charge is 2.26. The minimum atomic E-state index is -1.06. The van der Waals surface area contributed by atoms with E-state index in [1.54, 1.807) is 17.0 Å². The highest BCUT2D eigenvalue weighted by Crippen LogP contribution is 2.28. The fraction of sp³-hybridized carbons (Fsp3) is 0.467. The van der Waals surface area contributed by atoms with Crippen LogP contribution >= 0.6 is 15.9 Å². The predicted molar refractivity (Wildman–Crippen MR) is 84.7 cm³/mol. The van der Waals surface area contributed by atoms with Gasteiger partial charge >= 0.3 is 12.0 Å².